The number of carbonyl (C=O) groups excluding carboxylic acids is 1. The summed E-state index contributed by atoms with van der Waals surface area (Å²) in [6.45, 7) is 1.57. The van der Waals surface area contributed by atoms with E-state index in [1.807, 2.05) is 18.2 Å². The molecule has 0 N–H and O–H groups in total. The molecule has 0 aliphatic carbocycles. The van der Waals surface area contributed by atoms with Gasteiger partial charge >= 0.3 is 0 Å². The van der Waals surface area contributed by atoms with Crippen molar-refractivity contribution in [2.75, 3.05) is 25.0 Å². The molecule has 24 heavy (non-hydrogen) atoms. The van der Waals surface area contributed by atoms with Crippen LogP contribution in [0.1, 0.15) is 23.2 Å². The van der Waals surface area contributed by atoms with Gasteiger partial charge in [0.15, 0.2) is 0 Å². The molecule has 0 unspecified atom stereocenters. The maximum Gasteiger partial charge on any atom is 0.256 e. The minimum Gasteiger partial charge on any atom is -0.356 e. The van der Waals surface area contributed by atoms with Crippen molar-refractivity contribution < 1.29 is 13.6 Å². The van der Waals surface area contributed by atoms with E-state index in [1.54, 1.807) is 18.1 Å². The lowest BCUT2D eigenvalue weighted by Gasteiger charge is -2.37. The first kappa shape index (κ1) is 16.4. The Balaban J connectivity index is 1.64. The highest BCUT2D eigenvalue weighted by molar-refractivity contribution is 5.94. The van der Waals surface area contributed by atoms with Crippen LogP contribution in [0.2, 0.25) is 0 Å². The second-order valence-electron chi connectivity index (χ2n) is 5.95. The minimum absolute atomic E-state index is 0.0296. The first-order valence-electron chi connectivity index (χ1n) is 7.94. The summed E-state index contributed by atoms with van der Waals surface area (Å²) in [4.78, 5) is 20.5. The van der Waals surface area contributed by atoms with Gasteiger partial charge in [-0.1, -0.05) is 6.07 Å². The number of nitrogens with zero attached hydrogens (tertiary/aromatic N) is 3. The lowest BCUT2D eigenvalue weighted by atomic mass is 10.0. The highest BCUT2D eigenvalue weighted by Crippen LogP contribution is 2.22. The normalized spacial score (nSPS) is 15.4. The number of amides is 1. The number of hydrogen-bond donors (Lipinski definition) is 0. The summed E-state index contributed by atoms with van der Waals surface area (Å²) in [5.41, 5.74) is -0.0916. The third-order valence-electron chi connectivity index (χ3n) is 4.47. The third-order valence-corrected chi connectivity index (χ3v) is 4.47. The molecule has 1 aliphatic rings. The molecule has 0 saturated carbocycles. The van der Waals surface area contributed by atoms with Gasteiger partial charge in [0.25, 0.3) is 5.91 Å². The average molecular weight is 331 g/mol. The maximum atomic E-state index is 13.8. The first-order valence-corrected chi connectivity index (χ1v) is 7.94. The summed E-state index contributed by atoms with van der Waals surface area (Å²) in [6.07, 6.45) is 3.32. The fourth-order valence-electron chi connectivity index (χ4n) is 3.04. The Morgan fingerprint density at radius 2 is 1.96 bits per heavy atom. The van der Waals surface area contributed by atoms with Gasteiger partial charge in [0.1, 0.15) is 17.5 Å². The van der Waals surface area contributed by atoms with Crippen molar-refractivity contribution in [2.24, 2.45) is 0 Å². The van der Waals surface area contributed by atoms with Gasteiger partial charge in [0, 0.05) is 38.4 Å². The van der Waals surface area contributed by atoms with Gasteiger partial charge in [-0.3, -0.25) is 4.79 Å². The molecule has 6 heteroatoms. The quantitative estimate of drug-likeness (QED) is 0.867. The Morgan fingerprint density at radius 1 is 1.21 bits per heavy atom. The van der Waals surface area contributed by atoms with Gasteiger partial charge < -0.3 is 9.80 Å². The van der Waals surface area contributed by atoms with E-state index in [0.29, 0.717) is 0 Å². The van der Waals surface area contributed by atoms with Gasteiger partial charge in [-0.2, -0.15) is 0 Å². The summed E-state index contributed by atoms with van der Waals surface area (Å²) in [5.74, 6) is -0.994. The number of benzene rings is 1. The number of piperidine rings is 1. The number of anilines is 1. The van der Waals surface area contributed by atoms with Gasteiger partial charge in [-0.05, 0) is 37.1 Å². The van der Waals surface area contributed by atoms with Crippen molar-refractivity contribution >= 4 is 11.7 Å². The van der Waals surface area contributed by atoms with Crippen molar-refractivity contribution in [3.05, 3.63) is 59.8 Å². The standard InChI is InChI=1S/C18H19F2N3O/c1-22(18(24)15-6-5-13(19)12-16(15)20)14-7-10-23(11-8-14)17-4-2-3-9-21-17/h2-6,9,12,14H,7-8,10-11H2,1H3. The molecule has 3 rings (SSSR count). The van der Waals surface area contributed by atoms with Crippen molar-refractivity contribution in [3.63, 3.8) is 0 Å². The zero-order valence-corrected chi connectivity index (χ0v) is 13.5. The molecule has 1 fully saturated rings. The van der Waals surface area contributed by atoms with Crippen LogP contribution in [0.25, 0.3) is 0 Å². The lowest BCUT2D eigenvalue weighted by molar-refractivity contribution is 0.0704. The van der Waals surface area contributed by atoms with Crippen molar-refractivity contribution in [1.82, 2.24) is 9.88 Å². The molecule has 1 aromatic heterocycles. The Hall–Kier alpha value is -2.50. The molecule has 4 nitrogen and oxygen atoms in total. The molecule has 0 atom stereocenters. The number of hydrogen-bond acceptors (Lipinski definition) is 3. The molecule has 1 aliphatic heterocycles. The van der Waals surface area contributed by atoms with E-state index in [9.17, 15) is 13.6 Å². The highest BCUT2D eigenvalue weighted by Gasteiger charge is 2.27. The van der Waals surface area contributed by atoms with Crippen molar-refractivity contribution in [1.29, 1.82) is 0 Å². The molecule has 1 saturated heterocycles. The molecule has 1 aromatic carbocycles. The SMILES string of the molecule is CN(C(=O)c1ccc(F)cc1F)C1CCN(c2ccccn2)CC1. The fraction of sp³-hybridized carbons (Fsp3) is 0.333. The fourth-order valence-corrected chi connectivity index (χ4v) is 3.04. The van der Waals surface area contributed by atoms with Gasteiger partial charge in [0.2, 0.25) is 0 Å². The number of rotatable bonds is 3. The van der Waals surface area contributed by atoms with Gasteiger partial charge in [0.05, 0.1) is 5.56 Å². The number of aromatic nitrogens is 1. The Kier molecular flexibility index (Phi) is 4.74. The number of carbonyl (C=O) groups is 1. The molecule has 1 amide bonds. The van der Waals surface area contributed by atoms with Crippen LogP contribution in [0.15, 0.2) is 42.6 Å². The van der Waals surface area contributed by atoms with E-state index in [2.05, 4.69) is 9.88 Å². The lowest BCUT2D eigenvalue weighted by Crippen LogP contribution is -2.46. The second kappa shape index (κ2) is 6.95. The molecule has 2 aromatic rings. The Morgan fingerprint density at radius 3 is 2.58 bits per heavy atom. The molecule has 0 radical (unpaired) electrons. The van der Waals surface area contributed by atoms with E-state index >= 15 is 0 Å². The largest absolute Gasteiger partial charge is 0.356 e. The van der Waals surface area contributed by atoms with E-state index in [0.717, 1.165) is 43.9 Å². The van der Waals surface area contributed by atoms with Crippen LogP contribution >= 0.6 is 0 Å². The van der Waals surface area contributed by atoms with Crippen LogP contribution in [0, 0.1) is 11.6 Å². The van der Waals surface area contributed by atoms with E-state index in [-0.39, 0.29) is 11.6 Å². The molecular formula is C18H19F2N3O. The predicted molar refractivity (Wildman–Crippen MR) is 87.9 cm³/mol. The van der Waals surface area contributed by atoms with Crippen LogP contribution in [-0.4, -0.2) is 42.0 Å². The van der Waals surface area contributed by atoms with Crippen molar-refractivity contribution in [3.8, 4) is 0 Å². The van der Waals surface area contributed by atoms with E-state index in [1.165, 1.54) is 6.07 Å². The second-order valence-corrected chi connectivity index (χ2v) is 5.95. The monoisotopic (exact) mass is 331 g/mol. The summed E-state index contributed by atoms with van der Waals surface area (Å²) >= 11 is 0. The first-order chi connectivity index (χ1) is 11.6. The summed E-state index contributed by atoms with van der Waals surface area (Å²) in [5, 5.41) is 0. The average Bonchev–Trinajstić information content (AvgIpc) is 2.61. The molecule has 0 bridgehead atoms. The van der Waals surface area contributed by atoms with E-state index in [4.69, 9.17) is 0 Å². The molecule has 0 spiro atoms. The molecule has 2 heterocycles. The highest BCUT2D eigenvalue weighted by atomic mass is 19.1. The predicted octanol–water partition coefficient (Wildman–Crippen LogP) is 3.10. The summed E-state index contributed by atoms with van der Waals surface area (Å²) in [6, 6.07) is 8.86. The minimum atomic E-state index is -0.822. The van der Waals surface area contributed by atoms with Crippen LogP contribution in [0.5, 0.6) is 0 Å². The zero-order valence-electron chi connectivity index (χ0n) is 13.5. The van der Waals surface area contributed by atoms with E-state index < -0.39 is 17.5 Å². The molecular weight excluding hydrogens is 312 g/mol. The third kappa shape index (κ3) is 3.37. The van der Waals surface area contributed by atoms with Crippen LogP contribution in [0.4, 0.5) is 14.6 Å². The smallest absolute Gasteiger partial charge is 0.256 e. The number of pyridine rings is 1. The van der Waals surface area contributed by atoms with Crippen LogP contribution in [-0.2, 0) is 0 Å². The van der Waals surface area contributed by atoms with Crippen molar-refractivity contribution in [2.45, 2.75) is 18.9 Å². The zero-order chi connectivity index (χ0) is 17.1. The Bertz CT molecular complexity index is 715. The maximum absolute atomic E-state index is 13.8. The number of halogens is 2. The molecule has 126 valence electrons. The summed E-state index contributed by atoms with van der Waals surface area (Å²) in [7, 11) is 1.67. The Labute approximate surface area is 139 Å². The van der Waals surface area contributed by atoms with Gasteiger partial charge in [-0.15, -0.1) is 0 Å². The van der Waals surface area contributed by atoms with Crippen LogP contribution in [0.3, 0.4) is 0 Å². The topological polar surface area (TPSA) is 36.4 Å². The van der Waals surface area contributed by atoms with Crippen LogP contribution < -0.4 is 4.90 Å². The summed E-state index contributed by atoms with van der Waals surface area (Å²) < 4.78 is 26.8. The van der Waals surface area contributed by atoms with Gasteiger partial charge in [-0.25, -0.2) is 13.8 Å².